The first kappa shape index (κ1) is 19.3. The van der Waals surface area contributed by atoms with Crippen molar-refractivity contribution < 1.29 is 4.79 Å². The number of hydrogen-bond acceptors (Lipinski definition) is 4. The fourth-order valence-corrected chi connectivity index (χ4v) is 4.07. The van der Waals surface area contributed by atoms with Crippen LogP contribution < -0.4 is 0 Å². The fourth-order valence-electron chi connectivity index (χ4n) is 4.07. The second kappa shape index (κ2) is 9.01. The van der Waals surface area contributed by atoms with Crippen LogP contribution in [0.5, 0.6) is 0 Å². The Morgan fingerprint density at radius 1 is 1.21 bits per heavy atom. The zero-order valence-corrected chi connectivity index (χ0v) is 16.8. The quantitative estimate of drug-likeness (QED) is 0.701. The van der Waals surface area contributed by atoms with Gasteiger partial charge in [0.25, 0.3) is 5.91 Å². The highest BCUT2D eigenvalue weighted by Gasteiger charge is 2.28. The molecule has 6 nitrogen and oxygen atoms in total. The molecule has 2 aromatic heterocycles. The second-order valence-electron chi connectivity index (χ2n) is 7.74. The minimum atomic E-state index is 0.0134. The molecular weight excluding hydrogens is 362 g/mol. The van der Waals surface area contributed by atoms with E-state index in [-0.39, 0.29) is 11.8 Å². The zero-order valence-electron chi connectivity index (χ0n) is 16.8. The molecule has 0 spiro atoms. The summed E-state index contributed by atoms with van der Waals surface area (Å²) >= 11 is 0. The number of carbonyl (C=O) groups excluding carboxylic acids is 1. The van der Waals surface area contributed by atoms with Crippen LogP contribution in [0.4, 0.5) is 0 Å². The van der Waals surface area contributed by atoms with Gasteiger partial charge < -0.3 is 4.90 Å². The van der Waals surface area contributed by atoms with Crippen molar-refractivity contribution in [2.75, 3.05) is 20.1 Å². The molecule has 29 heavy (non-hydrogen) atoms. The van der Waals surface area contributed by atoms with Gasteiger partial charge in [-0.25, -0.2) is 0 Å². The Kier molecular flexibility index (Phi) is 6.00. The summed E-state index contributed by atoms with van der Waals surface area (Å²) in [5.74, 6) is 0.290. The maximum Gasteiger partial charge on any atom is 0.257 e. The second-order valence-corrected chi connectivity index (χ2v) is 7.74. The molecule has 0 radical (unpaired) electrons. The number of carbonyl (C=O) groups is 1. The van der Waals surface area contributed by atoms with Gasteiger partial charge in [0, 0.05) is 38.8 Å². The number of amides is 1. The molecule has 0 bridgehead atoms. The van der Waals surface area contributed by atoms with Gasteiger partial charge in [0.2, 0.25) is 0 Å². The van der Waals surface area contributed by atoms with Gasteiger partial charge in [0.05, 0.1) is 23.1 Å². The van der Waals surface area contributed by atoms with Crippen LogP contribution in [0.25, 0.3) is 0 Å². The Balaban J connectivity index is 1.44. The summed E-state index contributed by atoms with van der Waals surface area (Å²) in [6, 6.07) is 16.1. The van der Waals surface area contributed by atoms with E-state index in [0.29, 0.717) is 12.1 Å². The summed E-state index contributed by atoms with van der Waals surface area (Å²) in [5.41, 5.74) is 3.85. The van der Waals surface area contributed by atoms with E-state index < -0.39 is 0 Å². The maximum atomic E-state index is 13.1. The van der Waals surface area contributed by atoms with E-state index >= 15 is 0 Å². The molecule has 1 aromatic carbocycles. The van der Waals surface area contributed by atoms with Crippen LogP contribution in [0, 0.1) is 0 Å². The highest BCUT2D eigenvalue weighted by Crippen LogP contribution is 2.29. The molecule has 1 saturated heterocycles. The van der Waals surface area contributed by atoms with E-state index in [4.69, 9.17) is 0 Å². The number of hydrogen-bond donors (Lipinski definition) is 1. The molecule has 0 saturated carbocycles. The number of aromatic nitrogens is 3. The van der Waals surface area contributed by atoms with Gasteiger partial charge in [0.15, 0.2) is 0 Å². The number of H-pyrrole nitrogens is 1. The number of nitrogens with one attached hydrogen (secondary N) is 1. The van der Waals surface area contributed by atoms with Gasteiger partial charge in [-0.15, -0.1) is 0 Å². The van der Waals surface area contributed by atoms with Crippen molar-refractivity contribution in [1.82, 2.24) is 25.0 Å². The lowest BCUT2D eigenvalue weighted by molar-refractivity contribution is 0.0782. The predicted octanol–water partition coefficient (Wildman–Crippen LogP) is 3.46. The number of piperidine rings is 1. The van der Waals surface area contributed by atoms with Crippen LogP contribution in [-0.4, -0.2) is 51.0 Å². The first-order valence-corrected chi connectivity index (χ1v) is 10.2. The van der Waals surface area contributed by atoms with Crippen LogP contribution in [0.2, 0.25) is 0 Å². The topological polar surface area (TPSA) is 65.1 Å². The average molecular weight is 390 g/mol. The molecule has 3 heterocycles. The monoisotopic (exact) mass is 389 g/mol. The lowest BCUT2D eigenvalue weighted by Crippen LogP contribution is -2.35. The number of pyridine rings is 1. The Hall–Kier alpha value is -2.99. The third kappa shape index (κ3) is 4.71. The number of aromatic amines is 1. The van der Waals surface area contributed by atoms with Gasteiger partial charge in [-0.3, -0.25) is 19.8 Å². The average Bonchev–Trinajstić information content (AvgIpc) is 3.25. The van der Waals surface area contributed by atoms with Gasteiger partial charge >= 0.3 is 0 Å². The van der Waals surface area contributed by atoms with Crippen molar-refractivity contribution in [2.24, 2.45) is 0 Å². The molecular formula is C23H27N5O. The summed E-state index contributed by atoms with van der Waals surface area (Å²) < 4.78 is 0. The van der Waals surface area contributed by atoms with E-state index in [2.05, 4.69) is 26.1 Å². The van der Waals surface area contributed by atoms with Crippen LogP contribution in [0.1, 0.15) is 46.1 Å². The summed E-state index contributed by atoms with van der Waals surface area (Å²) in [7, 11) is 1.85. The number of likely N-dealkylation sites (tertiary alicyclic amines) is 1. The maximum absolute atomic E-state index is 13.1. The molecule has 3 aromatic rings. The molecule has 1 N–H and O–H groups in total. The minimum Gasteiger partial charge on any atom is -0.337 e. The van der Waals surface area contributed by atoms with Gasteiger partial charge in [-0.05, 0) is 37.1 Å². The highest BCUT2D eigenvalue weighted by atomic mass is 16.2. The molecule has 1 amide bonds. The zero-order chi connectivity index (χ0) is 20.1. The van der Waals surface area contributed by atoms with Crippen LogP contribution in [0.3, 0.4) is 0 Å². The molecule has 150 valence electrons. The molecule has 0 aliphatic carbocycles. The van der Waals surface area contributed by atoms with Crippen LogP contribution in [0.15, 0.2) is 60.9 Å². The number of nitrogens with zero attached hydrogens (tertiary/aromatic N) is 4. The van der Waals surface area contributed by atoms with Crippen molar-refractivity contribution in [3.63, 3.8) is 0 Å². The highest BCUT2D eigenvalue weighted by molar-refractivity contribution is 5.95. The van der Waals surface area contributed by atoms with Gasteiger partial charge in [-0.2, -0.15) is 5.10 Å². The van der Waals surface area contributed by atoms with E-state index in [1.807, 2.05) is 55.7 Å². The van der Waals surface area contributed by atoms with Gasteiger partial charge in [0.1, 0.15) is 0 Å². The Morgan fingerprint density at radius 3 is 2.83 bits per heavy atom. The smallest absolute Gasteiger partial charge is 0.257 e. The fraction of sp³-hybridized carbons (Fsp3) is 0.348. The summed E-state index contributed by atoms with van der Waals surface area (Å²) in [4.78, 5) is 21.7. The Bertz CT molecular complexity index is 925. The number of rotatable bonds is 6. The molecule has 6 heteroatoms. The van der Waals surface area contributed by atoms with Crippen molar-refractivity contribution in [3.8, 4) is 0 Å². The summed E-state index contributed by atoms with van der Waals surface area (Å²) in [6.45, 7) is 3.38. The van der Waals surface area contributed by atoms with Crippen molar-refractivity contribution >= 4 is 5.91 Å². The minimum absolute atomic E-state index is 0.0134. The van der Waals surface area contributed by atoms with Gasteiger partial charge in [-0.1, -0.05) is 36.4 Å². The first-order chi connectivity index (χ1) is 14.2. The van der Waals surface area contributed by atoms with E-state index in [9.17, 15) is 4.79 Å². The molecule has 1 atom stereocenters. The molecule has 1 aliphatic heterocycles. The number of benzene rings is 1. The largest absolute Gasteiger partial charge is 0.337 e. The lowest BCUT2D eigenvalue weighted by atomic mass is 9.92. The predicted molar refractivity (Wildman–Crippen MR) is 112 cm³/mol. The summed E-state index contributed by atoms with van der Waals surface area (Å²) in [6.07, 6.45) is 5.68. The van der Waals surface area contributed by atoms with Crippen molar-refractivity contribution in [2.45, 2.75) is 31.8 Å². The SMILES string of the molecule is CN(Cc1ccccc1)C(=O)c1cn[nH]c1[C@H]1CCCN(Cc2ccccn2)C1. The third-order valence-corrected chi connectivity index (χ3v) is 5.53. The van der Waals surface area contributed by atoms with Crippen molar-refractivity contribution in [1.29, 1.82) is 0 Å². The first-order valence-electron chi connectivity index (χ1n) is 10.2. The van der Waals surface area contributed by atoms with E-state index in [0.717, 1.165) is 49.4 Å². The van der Waals surface area contributed by atoms with Crippen molar-refractivity contribution in [3.05, 3.63) is 83.4 Å². The van der Waals surface area contributed by atoms with E-state index in [1.54, 1.807) is 11.1 Å². The molecule has 1 fully saturated rings. The Morgan fingerprint density at radius 2 is 2.03 bits per heavy atom. The standard InChI is InChI=1S/C23H27N5O/c1-27(15-18-8-3-2-4-9-18)23(29)21-14-25-26-22(21)19-10-7-13-28(16-19)17-20-11-5-6-12-24-20/h2-6,8-9,11-12,14,19H,7,10,13,15-17H2,1H3,(H,25,26)/t19-/m0/s1. The van der Waals surface area contributed by atoms with E-state index in [1.165, 1.54) is 0 Å². The molecule has 4 rings (SSSR count). The van der Waals surface area contributed by atoms with Crippen LogP contribution >= 0.6 is 0 Å². The molecule has 1 aliphatic rings. The Labute approximate surface area is 171 Å². The third-order valence-electron chi connectivity index (χ3n) is 5.53. The van der Waals surface area contributed by atoms with Crippen LogP contribution in [-0.2, 0) is 13.1 Å². The molecule has 0 unspecified atom stereocenters. The normalized spacial score (nSPS) is 17.2. The lowest BCUT2D eigenvalue weighted by Gasteiger charge is -2.32. The summed E-state index contributed by atoms with van der Waals surface area (Å²) in [5, 5.41) is 7.33.